The molecule has 0 aliphatic rings. The molecule has 0 aliphatic carbocycles. The van der Waals surface area contributed by atoms with E-state index in [1.54, 1.807) is 12.1 Å². The minimum Gasteiger partial charge on any atom is -0.504 e. The fourth-order valence-corrected chi connectivity index (χ4v) is 2.09. The lowest BCUT2D eigenvalue weighted by Gasteiger charge is -2.15. The van der Waals surface area contributed by atoms with Crippen molar-refractivity contribution >= 4 is 5.91 Å². The van der Waals surface area contributed by atoms with Crippen LogP contribution < -0.4 is 4.74 Å². The zero-order chi connectivity index (χ0) is 15.7. The lowest BCUT2D eigenvalue weighted by atomic mass is 10.1. The van der Waals surface area contributed by atoms with E-state index in [-0.39, 0.29) is 18.1 Å². The van der Waals surface area contributed by atoms with Gasteiger partial charge in [-0.25, -0.2) is 5.06 Å². The fraction of sp³-hybridized carbons (Fsp3) is 0.562. The number of carbonyl (C=O) groups excluding carboxylic acids is 1. The summed E-state index contributed by atoms with van der Waals surface area (Å²) >= 11 is 0. The topological polar surface area (TPSA) is 70.0 Å². The molecule has 0 saturated heterocycles. The Morgan fingerprint density at radius 2 is 1.95 bits per heavy atom. The summed E-state index contributed by atoms with van der Waals surface area (Å²) in [5.74, 6) is 0.00747. The van der Waals surface area contributed by atoms with Crippen molar-refractivity contribution in [1.29, 1.82) is 0 Å². The van der Waals surface area contributed by atoms with Gasteiger partial charge in [0.1, 0.15) is 0 Å². The van der Waals surface area contributed by atoms with E-state index in [2.05, 4.69) is 6.92 Å². The summed E-state index contributed by atoms with van der Waals surface area (Å²) in [6.07, 6.45) is 5.40. The summed E-state index contributed by atoms with van der Waals surface area (Å²) in [4.78, 5) is 11.9. The number of unbranched alkanes of at least 4 members (excludes halogenated alkanes) is 4. The van der Waals surface area contributed by atoms with E-state index in [1.165, 1.54) is 26.0 Å². The van der Waals surface area contributed by atoms with Gasteiger partial charge in [0.2, 0.25) is 5.91 Å². The number of phenolic OH excluding ortho intramolecular Hbond substituents is 1. The van der Waals surface area contributed by atoms with Gasteiger partial charge in [-0.1, -0.05) is 38.7 Å². The summed E-state index contributed by atoms with van der Waals surface area (Å²) in [7, 11) is 1.45. The van der Waals surface area contributed by atoms with Gasteiger partial charge < -0.3 is 9.84 Å². The Morgan fingerprint density at radius 3 is 2.62 bits per heavy atom. The predicted molar refractivity (Wildman–Crippen MR) is 80.6 cm³/mol. The van der Waals surface area contributed by atoms with Crippen LogP contribution >= 0.6 is 0 Å². The van der Waals surface area contributed by atoms with E-state index in [0.717, 1.165) is 24.3 Å². The van der Waals surface area contributed by atoms with Crippen molar-refractivity contribution in [3.8, 4) is 11.5 Å². The molecule has 118 valence electrons. The Hall–Kier alpha value is -1.75. The van der Waals surface area contributed by atoms with Gasteiger partial charge in [0.05, 0.1) is 13.5 Å². The average molecular weight is 295 g/mol. The molecule has 0 fully saturated rings. The second-order valence-corrected chi connectivity index (χ2v) is 5.11. The zero-order valence-corrected chi connectivity index (χ0v) is 12.8. The number of hydrogen-bond acceptors (Lipinski definition) is 4. The van der Waals surface area contributed by atoms with E-state index >= 15 is 0 Å². The SMILES string of the molecule is CCCCCCCN(O)C(=O)Cc1ccc(O)c(OC)c1. The van der Waals surface area contributed by atoms with Crippen molar-refractivity contribution in [3.63, 3.8) is 0 Å². The maximum Gasteiger partial charge on any atom is 0.250 e. The molecule has 5 nitrogen and oxygen atoms in total. The number of rotatable bonds is 9. The molecule has 21 heavy (non-hydrogen) atoms. The van der Waals surface area contributed by atoms with Crippen LogP contribution in [0.1, 0.15) is 44.6 Å². The molecule has 0 radical (unpaired) electrons. The van der Waals surface area contributed by atoms with Crippen LogP contribution in [0.5, 0.6) is 11.5 Å². The molecule has 0 aromatic heterocycles. The van der Waals surface area contributed by atoms with Crippen molar-refractivity contribution in [1.82, 2.24) is 5.06 Å². The number of nitrogens with zero attached hydrogens (tertiary/aromatic N) is 1. The largest absolute Gasteiger partial charge is 0.504 e. The van der Waals surface area contributed by atoms with Crippen LogP contribution in [-0.2, 0) is 11.2 Å². The van der Waals surface area contributed by atoms with E-state index in [0.29, 0.717) is 17.9 Å². The maximum absolute atomic E-state index is 11.9. The van der Waals surface area contributed by atoms with Gasteiger partial charge in [-0.3, -0.25) is 10.0 Å². The number of carbonyl (C=O) groups is 1. The first-order chi connectivity index (χ1) is 10.1. The van der Waals surface area contributed by atoms with Crippen LogP contribution in [0.15, 0.2) is 18.2 Å². The average Bonchev–Trinajstić information content (AvgIpc) is 2.48. The molecular weight excluding hydrogens is 270 g/mol. The van der Waals surface area contributed by atoms with Crippen molar-refractivity contribution in [2.75, 3.05) is 13.7 Å². The fourth-order valence-electron chi connectivity index (χ4n) is 2.09. The van der Waals surface area contributed by atoms with Gasteiger partial charge in [-0.2, -0.15) is 0 Å². The number of hydrogen-bond donors (Lipinski definition) is 2. The Bertz CT molecular complexity index is 448. The first kappa shape index (κ1) is 17.3. The zero-order valence-electron chi connectivity index (χ0n) is 12.8. The third kappa shape index (κ3) is 6.04. The number of hydroxylamine groups is 2. The first-order valence-electron chi connectivity index (χ1n) is 7.43. The molecule has 5 heteroatoms. The standard InChI is InChI=1S/C16H25NO4/c1-3-4-5-6-7-10-17(20)16(19)12-13-8-9-14(18)15(11-13)21-2/h8-9,11,18,20H,3-7,10,12H2,1-2H3. The predicted octanol–water partition coefficient (Wildman–Crippen LogP) is 3.13. The summed E-state index contributed by atoms with van der Waals surface area (Å²) in [6.45, 7) is 2.51. The second-order valence-electron chi connectivity index (χ2n) is 5.11. The number of methoxy groups -OCH3 is 1. The van der Waals surface area contributed by atoms with Crippen LogP contribution in [-0.4, -0.2) is 34.9 Å². The number of ether oxygens (including phenoxy) is 1. The van der Waals surface area contributed by atoms with Gasteiger partial charge >= 0.3 is 0 Å². The van der Waals surface area contributed by atoms with Gasteiger partial charge in [0, 0.05) is 6.54 Å². The van der Waals surface area contributed by atoms with Crippen LogP contribution in [0.3, 0.4) is 0 Å². The normalized spacial score (nSPS) is 10.4. The minimum atomic E-state index is -0.349. The molecule has 0 spiro atoms. The van der Waals surface area contributed by atoms with E-state index < -0.39 is 0 Å². The van der Waals surface area contributed by atoms with Crippen LogP contribution in [0.25, 0.3) is 0 Å². The lowest BCUT2D eigenvalue weighted by Crippen LogP contribution is -2.29. The quantitative estimate of drug-likeness (QED) is 0.417. The van der Waals surface area contributed by atoms with Crippen molar-refractivity contribution in [2.24, 2.45) is 0 Å². The monoisotopic (exact) mass is 295 g/mol. The Morgan fingerprint density at radius 1 is 1.24 bits per heavy atom. The molecule has 0 heterocycles. The molecule has 2 N–H and O–H groups in total. The highest BCUT2D eigenvalue weighted by atomic mass is 16.5. The summed E-state index contributed by atoms with van der Waals surface area (Å²) < 4.78 is 4.99. The molecule has 0 bridgehead atoms. The Labute approximate surface area is 126 Å². The Kier molecular flexibility index (Phi) is 7.61. The molecule has 1 rings (SSSR count). The molecule has 1 aromatic carbocycles. The van der Waals surface area contributed by atoms with Crippen LogP contribution in [0.4, 0.5) is 0 Å². The molecular formula is C16H25NO4. The number of benzene rings is 1. The molecule has 1 amide bonds. The highest BCUT2D eigenvalue weighted by Gasteiger charge is 2.12. The van der Waals surface area contributed by atoms with Crippen molar-refractivity contribution in [3.05, 3.63) is 23.8 Å². The third-order valence-electron chi connectivity index (χ3n) is 3.36. The number of aromatic hydroxyl groups is 1. The molecule has 0 unspecified atom stereocenters. The summed E-state index contributed by atoms with van der Waals surface area (Å²) in [5, 5.41) is 20.0. The van der Waals surface area contributed by atoms with Gasteiger partial charge in [-0.15, -0.1) is 0 Å². The number of phenols is 1. The summed E-state index contributed by atoms with van der Waals surface area (Å²) in [5.41, 5.74) is 0.694. The highest BCUT2D eigenvalue weighted by molar-refractivity contribution is 5.77. The lowest BCUT2D eigenvalue weighted by molar-refractivity contribution is -0.164. The van der Waals surface area contributed by atoms with Gasteiger partial charge in [0.25, 0.3) is 0 Å². The van der Waals surface area contributed by atoms with Crippen LogP contribution in [0.2, 0.25) is 0 Å². The Balaban J connectivity index is 2.41. The molecule has 0 aliphatic heterocycles. The van der Waals surface area contributed by atoms with Gasteiger partial charge in [-0.05, 0) is 24.1 Å². The van der Waals surface area contributed by atoms with Crippen molar-refractivity contribution in [2.45, 2.75) is 45.4 Å². The van der Waals surface area contributed by atoms with Crippen LogP contribution in [0, 0.1) is 0 Å². The first-order valence-corrected chi connectivity index (χ1v) is 7.43. The van der Waals surface area contributed by atoms with Gasteiger partial charge in [0.15, 0.2) is 11.5 Å². The second kappa shape index (κ2) is 9.23. The molecule has 0 saturated carbocycles. The summed E-state index contributed by atoms with van der Waals surface area (Å²) in [6, 6.07) is 4.72. The van der Waals surface area contributed by atoms with E-state index in [1.807, 2.05) is 0 Å². The number of amides is 1. The molecule has 1 aromatic rings. The van der Waals surface area contributed by atoms with Crippen molar-refractivity contribution < 1.29 is 19.8 Å². The van der Waals surface area contributed by atoms with E-state index in [4.69, 9.17) is 4.74 Å². The highest BCUT2D eigenvalue weighted by Crippen LogP contribution is 2.26. The minimum absolute atomic E-state index is 0.0328. The maximum atomic E-state index is 11.9. The third-order valence-corrected chi connectivity index (χ3v) is 3.36. The molecule has 0 atom stereocenters. The van der Waals surface area contributed by atoms with E-state index in [9.17, 15) is 15.1 Å². The smallest absolute Gasteiger partial charge is 0.250 e.